The highest BCUT2D eigenvalue weighted by Crippen LogP contribution is 2.34. The molecule has 1 N–H and O–H groups in total. The van der Waals surface area contributed by atoms with E-state index in [4.69, 9.17) is 0 Å². The molecule has 4 nitrogen and oxygen atoms in total. The first-order chi connectivity index (χ1) is 13.1. The molecule has 1 aliphatic heterocycles. The van der Waals surface area contributed by atoms with Crippen LogP contribution in [0.2, 0.25) is 0 Å². The Morgan fingerprint density at radius 1 is 1.15 bits per heavy atom. The molecule has 138 valence electrons. The topological polar surface area (TPSA) is 53.4 Å². The van der Waals surface area contributed by atoms with E-state index in [1.54, 1.807) is 0 Å². The summed E-state index contributed by atoms with van der Waals surface area (Å²) >= 11 is 0. The molecule has 1 aliphatic rings. The minimum Gasteiger partial charge on any atom is -0.481 e. The first kappa shape index (κ1) is 17.7. The Labute approximate surface area is 159 Å². The van der Waals surface area contributed by atoms with Crippen LogP contribution < -0.4 is 0 Å². The summed E-state index contributed by atoms with van der Waals surface area (Å²) in [4.78, 5) is 18.1. The van der Waals surface area contributed by atoms with E-state index in [9.17, 15) is 9.90 Å². The van der Waals surface area contributed by atoms with Gasteiger partial charge in [-0.25, -0.2) is 0 Å². The van der Waals surface area contributed by atoms with Crippen molar-refractivity contribution in [2.75, 3.05) is 13.1 Å². The van der Waals surface area contributed by atoms with Crippen LogP contribution in [0.15, 0.2) is 60.9 Å². The van der Waals surface area contributed by atoms with Crippen LogP contribution in [0.4, 0.5) is 0 Å². The molecule has 4 heteroatoms. The first-order valence-electron chi connectivity index (χ1n) is 9.49. The van der Waals surface area contributed by atoms with Crippen LogP contribution in [-0.2, 0) is 4.79 Å². The molecule has 0 bridgehead atoms. The zero-order chi connectivity index (χ0) is 18.8. The van der Waals surface area contributed by atoms with E-state index in [2.05, 4.69) is 59.3 Å². The molecule has 0 amide bonds. The number of hydrogen-bond acceptors (Lipinski definition) is 3. The van der Waals surface area contributed by atoms with Crippen molar-refractivity contribution in [2.45, 2.75) is 25.8 Å². The van der Waals surface area contributed by atoms with Gasteiger partial charge in [0, 0.05) is 24.3 Å². The van der Waals surface area contributed by atoms with E-state index < -0.39 is 5.97 Å². The third kappa shape index (κ3) is 3.71. The third-order valence-electron chi connectivity index (χ3n) is 5.51. The number of pyridine rings is 1. The zero-order valence-corrected chi connectivity index (χ0v) is 15.5. The van der Waals surface area contributed by atoms with Crippen LogP contribution in [0, 0.1) is 12.8 Å². The monoisotopic (exact) mass is 360 g/mol. The number of carboxylic acid groups (broad SMARTS) is 1. The Bertz CT molecular complexity index is 969. The number of aryl methyl sites for hydroxylation is 1. The minimum atomic E-state index is -0.688. The molecule has 2 atom stereocenters. The normalized spacial score (nSPS) is 19.1. The highest BCUT2D eigenvalue weighted by Gasteiger charge is 2.31. The average molecular weight is 360 g/mol. The van der Waals surface area contributed by atoms with Crippen LogP contribution in [0.5, 0.6) is 0 Å². The van der Waals surface area contributed by atoms with Gasteiger partial charge in [0.1, 0.15) is 0 Å². The molecular weight excluding hydrogens is 336 g/mol. The van der Waals surface area contributed by atoms with Gasteiger partial charge in [-0.15, -0.1) is 0 Å². The Hall–Kier alpha value is -2.72. The largest absolute Gasteiger partial charge is 0.481 e. The fourth-order valence-corrected chi connectivity index (χ4v) is 4.17. The Morgan fingerprint density at radius 3 is 2.81 bits per heavy atom. The van der Waals surface area contributed by atoms with E-state index in [-0.39, 0.29) is 12.0 Å². The van der Waals surface area contributed by atoms with Crippen LogP contribution in [0.3, 0.4) is 0 Å². The van der Waals surface area contributed by atoms with Crippen LogP contribution in [0.1, 0.15) is 35.6 Å². The van der Waals surface area contributed by atoms with Crippen LogP contribution >= 0.6 is 0 Å². The average Bonchev–Trinajstić information content (AvgIpc) is 2.68. The zero-order valence-electron chi connectivity index (χ0n) is 15.5. The van der Waals surface area contributed by atoms with Gasteiger partial charge in [0.25, 0.3) is 0 Å². The molecule has 27 heavy (non-hydrogen) atoms. The number of likely N-dealkylation sites (tertiary alicyclic amines) is 1. The second-order valence-electron chi connectivity index (χ2n) is 7.47. The maximum Gasteiger partial charge on any atom is 0.307 e. The van der Waals surface area contributed by atoms with Crippen molar-refractivity contribution in [1.29, 1.82) is 0 Å². The SMILES string of the molecule is Cc1cccc(C(c2ccc3cnccc3c2)N2CCCC(C(=O)O)C2)c1. The Kier molecular flexibility index (Phi) is 4.90. The lowest BCUT2D eigenvalue weighted by Gasteiger charge is -2.37. The van der Waals surface area contributed by atoms with Gasteiger partial charge < -0.3 is 5.11 Å². The number of hydrogen-bond donors (Lipinski definition) is 1. The molecule has 3 aromatic rings. The number of benzene rings is 2. The number of nitrogens with zero attached hydrogens (tertiary/aromatic N) is 2. The van der Waals surface area contributed by atoms with Crippen molar-refractivity contribution >= 4 is 16.7 Å². The standard InChI is InChI=1S/C23H24N2O2/c1-16-4-2-5-18(12-16)22(25-11-3-6-21(15-25)23(26)27)19-7-8-20-14-24-10-9-17(20)13-19/h2,4-5,7-10,12-14,21-22H,3,6,11,15H2,1H3,(H,26,27). The summed E-state index contributed by atoms with van der Waals surface area (Å²) < 4.78 is 0. The summed E-state index contributed by atoms with van der Waals surface area (Å²) in [7, 11) is 0. The highest BCUT2D eigenvalue weighted by atomic mass is 16.4. The number of rotatable bonds is 4. The number of aliphatic carboxylic acids is 1. The van der Waals surface area contributed by atoms with Gasteiger partial charge in [-0.2, -0.15) is 0 Å². The number of piperidine rings is 1. The van der Waals surface area contributed by atoms with E-state index >= 15 is 0 Å². The second kappa shape index (κ2) is 7.49. The molecule has 1 aromatic heterocycles. The first-order valence-corrected chi connectivity index (χ1v) is 9.49. The summed E-state index contributed by atoms with van der Waals surface area (Å²) in [6.45, 7) is 3.60. The van der Waals surface area contributed by atoms with Crippen molar-refractivity contribution in [3.8, 4) is 0 Å². The summed E-state index contributed by atoms with van der Waals surface area (Å²) in [5, 5.41) is 11.8. The maximum absolute atomic E-state index is 11.6. The van der Waals surface area contributed by atoms with Gasteiger partial charge in [-0.05, 0) is 55.0 Å². The van der Waals surface area contributed by atoms with Gasteiger partial charge in [0.2, 0.25) is 0 Å². The quantitative estimate of drug-likeness (QED) is 0.748. The second-order valence-corrected chi connectivity index (χ2v) is 7.47. The summed E-state index contributed by atoms with van der Waals surface area (Å²) in [5.74, 6) is -0.983. The summed E-state index contributed by atoms with van der Waals surface area (Å²) in [6, 6.07) is 17.1. The van der Waals surface area contributed by atoms with Crippen LogP contribution in [0.25, 0.3) is 10.8 Å². The molecule has 2 heterocycles. The lowest BCUT2D eigenvalue weighted by molar-refractivity contribution is -0.143. The third-order valence-corrected chi connectivity index (χ3v) is 5.51. The molecule has 2 aromatic carbocycles. The van der Waals surface area contributed by atoms with Crippen molar-refractivity contribution in [2.24, 2.45) is 5.92 Å². The van der Waals surface area contributed by atoms with Gasteiger partial charge >= 0.3 is 5.97 Å². The Balaban J connectivity index is 1.78. The molecule has 1 fully saturated rings. The molecular formula is C23H24N2O2. The molecule has 0 radical (unpaired) electrons. The predicted octanol–water partition coefficient (Wildman–Crippen LogP) is 4.43. The number of carbonyl (C=O) groups is 1. The summed E-state index contributed by atoms with van der Waals surface area (Å²) in [5.41, 5.74) is 3.63. The van der Waals surface area contributed by atoms with Gasteiger partial charge in [0.05, 0.1) is 12.0 Å². The molecule has 0 saturated carbocycles. The van der Waals surface area contributed by atoms with Gasteiger partial charge in [-0.3, -0.25) is 14.7 Å². The van der Waals surface area contributed by atoms with Crippen molar-refractivity contribution in [1.82, 2.24) is 9.88 Å². The highest BCUT2D eigenvalue weighted by molar-refractivity contribution is 5.82. The minimum absolute atomic E-state index is 0.0598. The van der Waals surface area contributed by atoms with Crippen LogP contribution in [-0.4, -0.2) is 34.0 Å². The molecule has 2 unspecified atom stereocenters. The summed E-state index contributed by atoms with van der Waals surface area (Å²) in [6.07, 6.45) is 5.36. The van der Waals surface area contributed by atoms with Gasteiger partial charge in [-0.1, -0.05) is 42.0 Å². The lowest BCUT2D eigenvalue weighted by atomic mass is 9.90. The molecule has 1 saturated heterocycles. The number of carboxylic acids is 1. The van der Waals surface area contributed by atoms with Crippen molar-refractivity contribution in [3.05, 3.63) is 77.6 Å². The van der Waals surface area contributed by atoms with E-state index in [1.165, 1.54) is 16.7 Å². The smallest absolute Gasteiger partial charge is 0.307 e. The predicted molar refractivity (Wildman–Crippen MR) is 107 cm³/mol. The number of fused-ring (bicyclic) bond motifs is 1. The molecule has 4 rings (SSSR count). The fourth-order valence-electron chi connectivity index (χ4n) is 4.17. The number of aromatic nitrogens is 1. The van der Waals surface area contributed by atoms with Crippen molar-refractivity contribution in [3.63, 3.8) is 0 Å². The van der Waals surface area contributed by atoms with Crippen molar-refractivity contribution < 1.29 is 9.90 Å². The van der Waals surface area contributed by atoms with E-state index in [0.29, 0.717) is 6.54 Å². The molecule has 0 spiro atoms. The van der Waals surface area contributed by atoms with E-state index in [1.807, 2.05) is 18.5 Å². The van der Waals surface area contributed by atoms with E-state index in [0.717, 1.165) is 30.2 Å². The maximum atomic E-state index is 11.6. The molecule has 0 aliphatic carbocycles. The lowest BCUT2D eigenvalue weighted by Crippen LogP contribution is -2.41. The Morgan fingerprint density at radius 2 is 2.00 bits per heavy atom. The fraction of sp³-hybridized carbons (Fsp3) is 0.304. The van der Waals surface area contributed by atoms with Gasteiger partial charge in [0.15, 0.2) is 0 Å².